The average Bonchev–Trinajstić information content (AvgIpc) is 3.40. The van der Waals surface area contributed by atoms with E-state index in [9.17, 15) is 5.11 Å². The predicted octanol–water partition coefficient (Wildman–Crippen LogP) is 4.27. The van der Waals surface area contributed by atoms with Crippen LogP contribution in [0.2, 0.25) is 0 Å². The van der Waals surface area contributed by atoms with Crippen LogP contribution in [0.15, 0.2) is 73.1 Å². The van der Waals surface area contributed by atoms with Crippen LogP contribution in [-0.4, -0.2) is 69.1 Å². The van der Waals surface area contributed by atoms with E-state index in [0.717, 1.165) is 76.5 Å². The topological polar surface area (TPSA) is 86.0 Å². The number of benzene rings is 2. The van der Waals surface area contributed by atoms with Crippen molar-refractivity contribution in [3.63, 3.8) is 0 Å². The fourth-order valence-corrected chi connectivity index (χ4v) is 6.05. The number of piperidine rings is 1. The van der Waals surface area contributed by atoms with Crippen LogP contribution in [0.25, 0.3) is 11.0 Å². The number of rotatable bonds is 9. The lowest BCUT2D eigenvalue weighted by Gasteiger charge is -2.32. The molecule has 210 valence electrons. The molecule has 0 amide bonds. The molecule has 40 heavy (non-hydrogen) atoms. The van der Waals surface area contributed by atoms with Gasteiger partial charge >= 0.3 is 0 Å². The summed E-state index contributed by atoms with van der Waals surface area (Å²) in [6.07, 6.45) is 5.39. The van der Waals surface area contributed by atoms with Crippen molar-refractivity contribution < 1.29 is 15.1 Å². The molecule has 4 aromatic rings. The first-order valence-corrected chi connectivity index (χ1v) is 14.4. The first-order chi connectivity index (χ1) is 19.6. The number of ether oxygens (including phenoxy) is 1. The Hall–Kier alpha value is -3.11. The lowest BCUT2D eigenvalue weighted by molar-refractivity contribution is 0.000692. The van der Waals surface area contributed by atoms with Crippen molar-refractivity contribution in [1.29, 1.82) is 0 Å². The van der Waals surface area contributed by atoms with Crippen LogP contribution in [0.1, 0.15) is 52.8 Å². The number of fused-ring (bicyclic) bond motifs is 1. The van der Waals surface area contributed by atoms with Crippen LogP contribution in [-0.2, 0) is 24.4 Å². The van der Waals surface area contributed by atoms with E-state index in [0.29, 0.717) is 18.0 Å². The summed E-state index contributed by atoms with van der Waals surface area (Å²) in [6, 6.07) is 21.1. The molecule has 0 radical (unpaired) electrons. The minimum atomic E-state index is -1.08. The maximum Gasteiger partial charge on any atom is 0.152 e. The van der Waals surface area contributed by atoms with Crippen LogP contribution in [0.5, 0.6) is 0 Å². The molecule has 0 bridgehead atoms. The Morgan fingerprint density at radius 2 is 1.55 bits per heavy atom. The molecular formula is C32H39N5O3. The normalized spacial score (nSPS) is 18.4. The lowest BCUT2D eigenvalue weighted by Crippen LogP contribution is -2.35. The number of hydrogen-bond donors (Lipinski definition) is 3. The van der Waals surface area contributed by atoms with Gasteiger partial charge in [0, 0.05) is 50.5 Å². The summed E-state index contributed by atoms with van der Waals surface area (Å²) in [4.78, 5) is 9.94. The van der Waals surface area contributed by atoms with Gasteiger partial charge in [-0.1, -0.05) is 48.5 Å². The molecule has 2 aliphatic heterocycles. The Balaban J connectivity index is 1.04. The van der Waals surface area contributed by atoms with Crippen molar-refractivity contribution in [3.05, 3.63) is 101 Å². The molecule has 6 rings (SSSR count). The zero-order valence-corrected chi connectivity index (χ0v) is 23.0. The van der Waals surface area contributed by atoms with E-state index in [1.54, 1.807) is 0 Å². The molecule has 0 saturated carbocycles. The third-order valence-electron chi connectivity index (χ3n) is 8.36. The fourth-order valence-electron chi connectivity index (χ4n) is 6.05. The largest absolute Gasteiger partial charge is 0.379 e. The zero-order chi connectivity index (χ0) is 27.3. The second-order valence-corrected chi connectivity index (χ2v) is 11.2. The first kappa shape index (κ1) is 27.1. The molecule has 1 atom stereocenters. The number of likely N-dealkylation sites (tertiary alicyclic amines) is 1. The molecule has 2 saturated heterocycles. The summed E-state index contributed by atoms with van der Waals surface area (Å²) < 4.78 is 7.65. The first-order valence-electron chi connectivity index (χ1n) is 14.4. The van der Waals surface area contributed by atoms with Gasteiger partial charge in [-0.3, -0.25) is 9.80 Å². The summed E-state index contributed by atoms with van der Waals surface area (Å²) in [5, 5.41) is 19.8. The van der Waals surface area contributed by atoms with Crippen molar-refractivity contribution in [2.75, 3.05) is 39.4 Å². The van der Waals surface area contributed by atoms with Gasteiger partial charge in [-0.15, -0.1) is 0 Å². The molecule has 2 aliphatic rings. The highest BCUT2D eigenvalue weighted by molar-refractivity contribution is 5.77. The van der Waals surface area contributed by atoms with E-state index in [-0.39, 0.29) is 0 Å². The number of aliphatic hydroxyl groups is 1. The standard InChI is InChI=1S/C32H39N5O3/c38-32(34-39)28-6-4-24(5-7-28)23-37-13-10-29-19-30(20-33-31(29)37)27-8-11-35(12-9-27)21-25-2-1-3-26(18-25)22-36-14-16-40-17-15-36/h1-7,10,13,18-20,27,32,34,38-39H,8-9,11-12,14-17,21-23H2. The Bertz CT molecular complexity index is 1390. The van der Waals surface area contributed by atoms with Gasteiger partial charge in [-0.2, -0.15) is 5.48 Å². The predicted molar refractivity (Wildman–Crippen MR) is 155 cm³/mol. The maximum atomic E-state index is 9.71. The van der Waals surface area contributed by atoms with Crippen LogP contribution in [0.4, 0.5) is 0 Å². The second-order valence-electron chi connectivity index (χ2n) is 11.2. The van der Waals surface area contributed by atoms with E-state index in [4.69, 9.17) is 14.9 Å². The summed E-state index contributed by atoms with van der Waals surface area (Å²) in [6.45, 7) is 8.66. The number of hydrogen-bond acceptors (Lipinski definition) is 7. The van der Waals surface area contributed by atoms with Gasteiger partial charge in [0.1, 0.15) is 5.65 Å². The molecule has 0 aliphatic carbocycles. The number of aromatic nitrogens is 2. The highest BCUT2D eigenvalue weighted by atomic mass is 16.5. The molecule has 8 nitrogen and oxygen atoms in total. The molecule has 2 aromatic heterocycles. The summed E-state index contributed by atoms with van der Waals surface area (Å²) in [5.41, 5.74) is 8.72. The van der Waals surface area contributed by atoms with Crippen LogP contribution < -0.4 is 5.48 Å². The van der Waals surface area contributed by atoms with Crippen molar-refractivity contribution >= 4 is 11.0 Å². The number of hydroxylamine groups is 1. The zero-order valence-electron chi connectivity index (χ0n) is 23.0. The minimum absolute atomic E-state index is 0.545. The van der Waals surface area contributed by atoms with Gasteiger partial charge in [-0.05, 0) is 71.8 Å². The minimum Gasteiger partial charge on any atom is -0.379 e. The SMILES string of the molecule is ONC(O)c1ccc(Cn2ccc3cc(C4CCN(Cc5cccc(CN6CCOCC6)c5)CC4)cnc32)cc1. The van der Waals surface area contributed by atoms with E-state index < -0.39 is 6.23 Å². The fraction of sp³-hybridized carbons (Fsp3) is 0.406. The number of aliphatic hydroxyl groups excluding tert-OH is 1. The van der Waals surface area contributed by atoms with Crippen LogP contribution >= 0.6 is 0 Å². The number of pyridine rings is 1. The van der Waals surface area contributed by atoms with Crippen molar-refractivity contribution in [2.45, 2.75) is 44.6 Å². The Morgan fingerprint density at radius 1 is 0.850 bits per heavy atom. The van der Waals surface area contributed by atoms with Gasteiger partial charge < -0.3 is 19.6 Å². The van der Waals surface area contributed by atoms with Gasteiger partial charge in [-0.25, -0.2) is 4.98 Å². The molecule has 1 unspecified atom stereocenters. The number of nitrogens with one attached hydrogen (secondary N) is 1. The van der Waals surface area contributed by atoms with Crippen molar-refractivity contribution in [3.8, 4) is 0 Å². The second kappa shape index (κ2) is 12.6. The molecule has 0 spiro atoms. The van der Waals surface area contributed by atoms with Gasteiger partial charge in [0.05, 0.1) is 13.2 Å². The summed E-state index contributed by atoms with van der Waals surface area (Å²) in [7, 11) is 0. The smallest absolute Gasteiger partial charge is 0.152 e. The van der Waals surface area contributed by atoms with Gasteiger partial charge in [0.25, 0.3) is 0 Å². The van der Waals surface area contributed by atoms with Gasteiger partial charge in [0.15, 0.2) is 6.23 Å². The average molecular weight is 542 g/mol. The quantitative estimate of drug-likeness (QED) is 0.216. The Labute approximate surface area is 235 Å². The highest BCUT2D eigenvalue weighted by Crippen LogP contribution is 2.30. The summed E-state index contributed by atoms with van der Waals surface area (Å²) >= 11 is 0. The highest BCUT2D eigenvalue weighted by Gasteiger charge is 2.22. The number of nitrogens with zero attached hydrogens (tertiary/aromatic N) is 4. The molecule has 8 heteroatoms. The maximum absolute atomic E-state index is 9.71. The molecule has 2 aromatic carbocycles. The van der Waals surface area contributed by atoms with Crippen molar-refractivity contribution in [2.24, 2.45) is 0 Å². The third-order valence-corrected chi connectivity index (χ3v) is 8.36. The lowest BCUT2D eigenvalue weighted by atomic mass is 9.90. The van der Waals surface area contributed by atoms with Crippen LogP contribution in [0, 0.1) is 0 Å². The molecule has 4 heterocycles. The Kier molecular flexibility index (Phi) is 8.53. The Morgan fingerprint density at radius 3 is 2.25 bits per heavy atom. The number of morpholine rings is 1. The monoisotopic (exact) mass is 541 g/mol. The van der Waals surface area contributed by atoms with E-state index >= 15 is 0 Å². The van der Waals surface area contributed by atoms with E-state index in [1.807, 2.05) is 29.7 Å². The molecule has 3 N–H and O–H groups in total. The van der Waals surface area contributed by atoms with Crippen LogP contribution in [0.3, 0.4) is 0 Å². The van der Waals surface area contributed by atoms with Gasteiger partial charge in [0.2, 0.25) is 0 Å². The third kappa shape index (κ3) is 6.44. The summed E-state index contributed by atoms with van der Waals surface area (Å²) in [5.74, 6) is 0.545. The molecular weight excluding hydrogens is 502 g/mol. The molecule has 2 fully saturated rings. The van der Waals surface area contributed by atoms with E-state index in [2.05, 4.69) is 63.2 Å². The van der Waals surface area contributed by atoms with Crippen molar-refractivity contribution in [1.82, 2.24) is 24.8 Å². The van der Waals surface area contributed by atoms with E-state index in [1.165, 1.54) is 22.1 Å².